The molecule has 2 amide bonds. The van der Waals surface area contributed by atoms with Crippen LogP contribution in [0.2, 0.25) is 0 Å². The molecule has 1 atom stereocenters. The van der Waals surface area contributed by atoms with Gasteiger partial charge in [-0.15, -0.1) is 11.8 Å². The third-order valence-electron chi connectivity index (χ3n) is 2.36. The van der Waals surface area contributed by atoms with Crippen molar-refractivity contribution in [2.75, 3.05) is 19.8 Å². The molecule has 0 aliphatic rings. The minimum absolute atomic E-state index is 0.118. The van der Waals surface area contributed by atoms with Gasteiger partial charge in [0.15, 0.2) is 0 Å². The maximum atomic E-state index is 11.7. The number of furan rings is 1. The average Bonchev–Trinajstić information content (AvgIpc) is 2.71. The predicted molar refractivity (Wildman–Crippen MR) is 70.5 cm³/mol. The maximum absolute atomic E-state index is 11.7. The third kappa shape index (κ3) is 4.10. The van der Waals surface area contributed by atoms with E-state index < -0.39 is 6.04 Å². The van der Waals surface area contributed by atoms with Crippen LogP contribution in [0.4, 0.5) is 0 Å². The van der Waals surface area contributed by atoms with Crippen LogP contribution in [0.3, 0.4) is 0 Å². The van der Waals surface area contributed by atoms with Crippen molar-refractivity contribution < 1.29 is 14.0 Å². The minimum atomic E-state index is -0.501. The van der Waals surface area contributed by atoms with Crippen LogP contribution in [0.15, 0.2) is 21.6 Å². The summed E-state index contributed by atoms with van der Waals surface area (Å²) in [4.78, 5) is 25.6. The number of hydrogen-bond acceptors (Lipinski definition) is 4. The standard InChI is InChI=1S/C12H18N2O3S/c1-8(12(16)14(3)4)13-11(15)7-18-10-5-6-17-9(10)2/h5-6,8H,7H2,1-4H3,(H,13,15). The molecular weight excluding hydrogens is 252 g/mol. The first kappa shape index (κ1) is 14.6. The molecule has 0 fully saturated rings. The van der Waals surface area contributed by atoms with Gasteiger partial charge in [-0.3, -0.25) is 9.59 Å². The Labute approximate surface area is 111 Å². The lowest BCUT2D eigenvalue weighted by molar-refractivity contribution is -0.133. The highest BCUT2D eigenvalue weighted by Gasteiger charge is 2.17. The molecule has 0 saturated heterocycles. The molecule has 1 rings (SSSR count). The molecule has 1 heterocycles. The fraction of sp³-hybridized carbons (Fsp3) is 0.500. The number of hydrogen-bond donors (Lipinski definition) is 1. The largest absolute Gasteiger partial charge is 0.468 e. The molecule has 1 N–H and O–H groups in total. The molecule has 0 bridgehead atoms. The lowest BCUT2D eigenvalue weighted by atomic mass is 10.3. The number of carbonyl (C=O) groups is 2. The molecule has 0 radical (unpaired) electrons. The first-order chi connectivity index (χ1) is 8.41. The third-order valence-corrected chi connectivity index (χ3v) is 3.50. The van der Waals surface area contributed by atoms with E-state index in [0.717, 1.165) is 10.7 Å². The van der Waals surface area contributed by atoms with E-state index in [9.17, 15) is 9.59 Å². The number of thioether (sulfide) groups is 1. The zero-order chi connectivity index (χ0) is 13.7. The van der Waals surface area contributed by atoms with E-state index in [1.54, 1.807) is 27.3 Å². The second-order valence-electron chi connectivity index (χ2n) is 4.15. The lowest BCUT2D eigenvalue weighted by Crippen LogP contribution is -2.44. The van der Waals surface area contributed by atoms with E-state index >= 15 is 0 Å². The van der Waals surface area contributed by atoms with Gasteiger partial charge in [0.1, 0.15) is 11.8 Å². The van der Waals surface area contributed by atoms with Gasteiger partial charge < -0.3 is 14.6 Å². The minimum Gasteiger partial charge on any atom is -0.468 e. The van der Waals surface area contributed by atoms with Crippen LogP contribution in [0.25, 0.3) is 0 Å². The Morgan fingerprint density at radius 2 is 2.17 bits per heavy atom. The zero-order valence-corrected chi connectivity index (χ0v) is 11.8. The molecule has 1 unspecified atom stereocenters. The summed E-state index contributed by atoms with van der Waals surface area (Å²) >= 11 is 1.39. The second kappa shape index (κ2) is 6.49. The van der Waals surface area contributed by atoms with E-state index in [1.807, 2.05) is 13.0 Å². The van der Waals surface area contributed by atoms with Gasteiger partial charge in [-0.1, -0.05) is 0 Å². The Balaban J connectivity index is 2.38. The maximum Gasteiger partial charge on any atom is 0.244 e. The Bertz CT molecular complexity index is 429. The summed E-state index contributed by atoms with van der Waals surface area (Å²) in [6.45, 7) is 3.52. The number of nitrogens with zero attached hydrogens (tertiary/aromatic N) is 1. The predicted octanol–water partition coefficient (Wildman–Crippen LogP) is 1.27. The smallest absolute Gasteiger partial charge is 0.244 e. The van der Waals surface area contributed by atoms with E-state index in [1.165, 1.54) is 16.7 Å². The fourth-order valence-electron chi connectivity index (χ4n) is 1.40. The van der Waals surface area contributed by atoms with Crippen LogP contribution >= 0.6 is 11.8 Å². The van der Waals surface area contributed by atoms with Crippen LogP contribution in [0, 0.1) is 6.92 Å². The Kier molecular flexibility index (Phi) is 5.27. The Hall–Kier alpha value is -1.43. The van der Waals surface area contributed by atoms with E-state index in [4.69, 9.17) is 4.42 Å². The summed E-state index contributed by atoms with van der Waals surface area (Å²) in [6, 6.07) is 1.32. The van der Waals surface area contributed by atoms with Gasteiger partial charge in [0, 0.05) is 19.0 Å². The summed E-state index contributed by atoms with van der Waals surface area (Å²) in [7, 11) is 3.32. The second-order valence-corrected chi connectivity index (χ2v) is 5.17. The molecule has 100 valence electrons. The van der Waals surface area contributed by atoms with Crippen molar-refractivity contribution in [3.63, 3.8) is 0 Å². The normalized spacial score (nSPS) is 12.0. The van der Waals surface area contributed by atoms with Crippen LogP contribution in [-0.4, -0.2) is 42.6 Å². The van der Waals surface area contributed by atoms with Gasteiger partial charge in [0.05, 0.1) is 12.0 Å². The van der Waals surface area contributed by atoms with Crippen LogP contribution in [0.1, 0.15) is 12.7 Å². The Morgan fingerprint density at radius 1 is 1.50 bits per heavy atom. The summed E-state index contributed by atoms with van der Waals surface area (Å²) < 4.78 is 5.13. The van der Waals surface area contributed by atoms with Gasteiger partial charge in [0.25, 0.3) is 0 Å². The van der Waals surface area contributed by atoms with Crippen molar-refractivity contribution in [1.29, 1.82) is 0 Å². The molecule has 5 nitrogen and oxygen atoms in total. The van der Waals surface area contributed by atoms with Gasteiger partial charge in [0.2, 0.25) is 11.8 Å². The SMILES string of the molecule is Cc1occc1SCC(=O)NC(C)C(=O)N(C)C. The molecular formula is C12H18N2O3S. The Morgan fingerprint density at radius 3 is 2.67 bits per heavy atom. The monoisotopic (exact) mass is 270 g/mol. The van der Waals surface area contributed by atoms with Gasteiger partial charge in [-0.25, -0.2) is 0 Å². The highest BCUT2D eigenvalue weighted by Crippen LogP contribution is 2.22. The van der Waals surface area contributed by atoms with Gasteiger partial charge in [-0.2, -0.15) is 0 Å². The molecule has 0 spiro atoms. The molecule has 0 saturated carbocycles. The number of aryl methyl sites for hydroxylation is 1. The van der Waals surface area contributed by atoms with Crippen molar-refractivity contribution in [2.45, 2.75) is 24.8 Å². The molecule has 0 aromatic carbocycles. The van der Waals surface area contributed by atoms with E-state index in [0.29, 0.717) is 0 Å². The topological polar surface area (TPSA) is 62.6 Å². The molecule has 0 aliphatic carbocycles. The number of rotatable bonds is 5. The van der Waals surface area contributed by atoms with Gasteiger partial charge >= 0.3 is 0 Å². The molecule has 1 aromatic rings. The number of likely N-dealkylation sites (N-methyl/N-ethyl adjacent to an activating group) is 1. The zero-order valence-electron chi connectivity index (χ0n) is 11.0. The molecule has 6 heteroatoms. The van der Waals surface area contributed by atoms with Crippen molar-refractivity contribution in [3.05, 3.63) is 18.1 Å². The van der Waals surface area contributed by atoms with E-state index in [-0.39, 0.29) is 17.6 Å². The number of amides is 2. The van der Waals surface area contributed by atoms with Crippen LogP contribution in [-0.2, 0) is 9.59 Å². The summed E-state index contributed by atoms with van der Waals surface area (Å²) in [5.41, 5.74) is 0. The molecule has 1 aromatic heterocycles. The lowest BCUT2D eigenvalue weighted by Gasteiger charge is -2.17. The fourth-order valence-corrected chi connectivity index (χ4v) is 2.17. The summed E-state index contributed by atoms with van der Waals surface area (Å²) in [5.74, 6) is 0.784. The summed E-state index contributed by atoms with van der Waals surface area (Å²) in [5, 5.41) is 2.66. The first-order valence-electron chi connectivity index (χ1n) is 5.59. The van der Waals surface area contributed by atoms with E-state index in [2.05, 4.69) is 5.32 Å². The molecule has 18 heavy (non-hydrogen) atoms. The van der Waals surface area contributed by atoms with Crippen molar-refractivity contribution in [1.82, 2.24) is 10.2 Å². The highest BCUT2D eigenvalue weighted by molar-refractivity contribution is 8.00. The first-order valence-corrected chi connectivity index (χ1v) is 6.57. The van der Waals surface area contributed by atoms with Gasteiger partial charge in [-0.05, 0) is 19.9 Å². The van der Waals surface area contributed by atoms with Crippen LogP contribution < -0.4 is 5.32 Å². The van der Waals surface area contributed by atoms with Crippen molar-refractivity contribution in [2.24, 2.45) is 0 Å². The highest BCUT2D eigenvalue weighted by atomic mass is 32.2. The van der Waals surface area contributed by atoms with Crippen molar-refractivity contribution >= 4 is 23.6 Å². The average molecular weight is 270 g/mol. The molecule has 0 aliphatic heterocycles. The van der Waals surface area contributed by atoms with Crippen LogP contribution in [0.5, 0.6) is 0 Å². The quantitative estimate of drug-likeness (QED) is 0.819. The summed E-state index contributed by atoms with van der Waals surface area (Å²) in [6.07, 6.45) is 1.59. The number of carbonyl (C=O) groups excluding carboxylic acids is 2. The van der Waals surface area contributed by atoms with Crippen molar-refractivity contribution in [3.8, 4) is 0 Å². The number of nitrogens with one attached hydrogen (secondary N) is 1.